The van der Waals surface area contributed by atoms with Crippen LogP contribution in [0.1, 0.15) is 126 Å². The number of hydrogen-bond acceptors (Lipinski definition) is 12. The molecule has 1 aromatic rings. The summed E-state index contributed by atoms with van der Waals surface area (Å²) in [7, 11) is 4.66. The second kappa shape index (κ2) is 31.1. The molecule has 18 nitrogen and oxygen atoms in total. The van der Waals surface area contributed by atoms with Crippen LogP contribution in [0.25, 0.3) is 5.73 Å². The normalized spacial score (nSPS) is 18.6. The number of likely N-dealkylation sites (tertiary alicyclic amines) is 2. The molecule has 0 saturated carbocycles. The second-order valence-electron chi connectivity index (χ2n) is 20.7. The minimum atomic E-state index is -1.26. The molecule has 3 N–H and O–H groups in total. The minimum absolute atomic E-state index is 0. The minimum Gasteiger partial charge on any atom is -0.667 e. The predicted octanol–water partition coefficient (Wildman–Crippen LogP) is 5.19. The number of ether oxygens (including phenoxy) is 3. The van der Waals surface area contributed by atoms with E-state index in [1.165, 1.54) is 35.8 Å². The maximum atomic E-state index is 14.8. The molecular formula is C53H85N7O11Y-2. The topological polar surface area (TPSA) is 225 Å². The molecule has 72 heavy (non-hydrogen) atoms. The van der Waals surface area contributed by atoms with Gasteiger partial charge in [-0.15, -0.1) is 6.42 Å². The number of carbonyl (C=O) groups excluding carboxylic acids is 8. The van der Waals surface area contributed by atoms with Gasteiger partial charge in [0.25, 0.3) is 5.91 Å². The van der Waals surface area contributed by atoms with E-state index in [2.05, 4.69) is 10.6 Å². The van der Waals surface area contributed by atoms with Gasteiger partial charge in [-0.1, -0.05) is 80.0 Å². The average molecular weight is 1090 g/mol. The Hall–Kier alpha value is -3.84. The van der Waals surface area contributed by atoms with Crippen LogP contribution in [0.4, 0.5) is 0 Å². The third-order valence-electron chi connectivity index (χ3n) is 13.6. The number of Topliss-reactive ketones (excluding diaryl/α,β-unsaturated/α-hetero) is 2. The number of esters is 1. The molecule has 2 heterocycles. The van der Waals surface area contributed by atoms with Gasteiger partial charge in [-0.2, -0.15) is 5.92 Å². The fourth-order valence-corrected chi connectivity index (χ4v) is 9.08. The molecule has 3 rings (SSSR count). The van der Waals surface area contributed by atoms with Crippen molar-refractivity contribution < 1.29 is 85.3 Å². The van der Waals surface area contributed by atoms with Gasteiger partial charge in [0.05, 0.1) is 7.11 Å². The molecule has 2 saturated heterocycles. The SMILES string of the molecule is CC[C@H](C)[C@@H](NC(=O)[C@@H](NC[C@@H](CC(C)C)N(C)C(=O)[C@@H]1CCCN1C(=O)C(C)=O)[C@@H](C)OC(=O)[C@H](Cc1ccc(OC)cc1)N(C)C(=O)[C@@H]1CCCN1C(=O)[C@@H]([NH-])CC(C)C)OCC(=O)C[CH-]C(C)C.[Y]. The third kappa shape index (κ3) is 19.1. The van der Waals surface area contributed by atoms with Crippen LogP contribution >= 0.6 is 0 Å². The van der Waals surface area contributed by atoms with Gasteiger partial charge in [0.2, 0.25) is 29.4 Å². The molecule has 0 bridgehead atoms. The first kappa shape index (κ1) is 64.3. The fraction of sp³-hybridized carbons (Fsp3) is 0.717. The average Bonchev–Trinajstić information content (AvgIpc) is 4.03. The van der Waals surface area contributed by atoms with E-state index in [0.717, 1.165) is 0 Å². The van der Waals surface area contributed by atoms with E-state index in [-0.39, 0.29) is 101 Å². The Labute approximate surface area is 454 Å². The Balaban J connectivity index is 0.0000178. The first-order chi connectivity index (χ1) is 33.4. The summed E-state index contributed by atoms with van der Waals surface area (Å²) in [5.41, 5.74) is 9.23. The Morgan fingerprint density at radius 3 is 1.94 bits per heavy atom. The van der Waals surface area contributed by atoms with Crippen molar-refractivity contribution in [3.05, 3.63) is 42.0 Å². The zero-order valence-electron chi connectivity index (χ0n) is 45.4. The van der Waals surface area contributed by atoms with E-state index in [1.54, 1.807) is 43.1 Å². The van der Waals surface area contributed by atoms with Crippen LogP contribution in [0.3, 0.4) is 0 Å². The van der Waals surface area contributed by atoms with E-state index in [0.29, 0.717) is 62.8 Å². The smallest absolute Gasteiger partial charge is 0.329 e. The summed E-state index contributed by atoms with van der Waals surface area (Å²) in [5, 5.41) is 6.27. The molecule has 0 aliphatic carbocycles. The summed E-state index contributed by atoms with van der Waals surface area (Å²) in [6.07, 6.45) is 3.26. The van der Waals surface area contributed by atoms with Crippen LogP contribution in [0.5, 0.6) is 5.75 Å². The van der Waals surface area contributed by atoms with Crippen LogP contribution in [0.2, 0.25) is 0 Å². The standard InChI is InChI=1S/C53H85N7O11.Y/c1-14-35(8)48(70-31-40(62)22-19-32(2)3)56-47(63)46(55-30-39(27-33(4)5)57(11)51(66)43-17-15-25-59(43)49(64)36(9)61)37(10)71-53(68)45(29-38-20-23-41(69-13)24-21-38)58(12)52(67)44-18-16-26-60(44)50(65)42(54)28-34(6)7;/h19-21,23-24,32-35,37,39,42-46,48,54-55H,14-18,22,25-31H2,1-13H3,(H,56,63);/q-2;/t35-,37+,39+,42-,43-,44-,45-,46-,48-;/m0./s1. The van der Waals surface area contributed by atoms with Crippen LogP contribution in [0.15, 0.2) is 24.3 Å². The quantitative estimate of drug-likeness (QED) is 0.0458. The van der Waals surface area contributed by atoms with E-state index >= 15 is 0 Å². The monoisotopic (exact) mass is 1080 g/mol. The van der Waals surface area contributed by atoms with Gasteiger partial charge in [0.1, 0.15) is 54.6 Å². The number of rotatable bonds is 29. The molecule has 5 amide bonds. The van der Waals surface area contributed by atoms with E-state index < -0.39 is 84.0 Å². The van der Waals surface area contributed by atoms with Gasteiger partial charge in [-0.05, 0) is 75.0 Å². The molecule has 19 heteroatoms. The van der Waals surface area contributed by atoms with Gasteiger partial charge in [-0.25, -0.2) is 4.79 Å². The number of nitrogens with one attached hydrogen (secondary N) is 3. The van der Waals surface area contributed by atoms with Crippen molar-refractivity contribution in [1.29, 1.82) is 0 Å². The van der Waals surface area contributed by atoms with Crippen LogP contribution in [0, 0.1) is 30.1 Å². The largest absolute Gasteiger partial charge is 0.667 e. The summed E-state index contributed by atoms with van der Waals surface area (Å²) in [5.74, 6) is -3.49. The van der Waals surface area contributed by atoms with Crippen molar-refractivity contribution >= 4 is 47.1 Å². The molecule has 0 unspecified atom stereocenters. The van der Waals surface area contributed by atoms with E-state index in [9.17, 15) is 38.4 Å². The molecule has 9 atom stereocenters. The molecule has 2 fully saturated rings. The number of nitrogens with zero attached hydrogens (tertiary/aromatic N) is 4. The first-order valence-electron chi connectivity index (χ1n) is 25.6. The molecule has 1 radical (unpaired) electrons. The Kier molecular flexibility index (Phi) is 27.8. The Morgan fingerprint density at radius 2 is 1.40 bits per heavy atom. The molecule has 1 aromatic carbocycles. The van der Waals surface area contributed by atoms with Crippen molar-refractivity contribution in [3.8, 4) is 5.75 Å². The summed E-state index contributed by atoms with van der Waals surface area (Å²) < 4.78 is 17.7. The van der Waals surface area contributed by atoms with Crippen LogP contribution in [-0.2, 0) is 87.0 Å². The molecule has 0 spiro atoms. The van der Waals surface area contributed by atoms with Gasteiger partial charge in [0, 0.05) is 91.7 Å². The number of amides is 5. The molecule has 403 valence electrons. The number of likely N-dealkylation sites (N-methyl/N-ethyl adjacent to an activating group) is 2. The summed E-state index contributed by atoms with van der Waals surface area (Å²) in [4.78, 5) is 115. The van der Waals surface area contributed by atoms with Crippen molar-refractivity contribution in [2.75, 3.05) is 47.4 Å². The number of carbonyl (C=O) groups is 8. The molecular weight excluding hydrogens is 1000 g/mol. The Morgan fingerprint density at radius 1 is 0.833 bits per heavy atom. The summed E-state index contributed by atoms with van der Waals surface area (Å²) in [6, 6.07) is 1.24. The number of ketones is 2. The number of methoxy groups -OCH3 is 1. The van der Waals surface area contributed by atoms with Crippen LogP contribution < -0.4 is 15.4 Å². The zero-order valence-corrected chi connectivity index (χ0v) is 48.2. The number of benzene rings is 1. The molecule has 2 aliphatic heterocycles. The fourth-order valence-electron chi connectivity index (χ4n) is 9.08. The van der Waals surface area contributed by atoms with Crippen molar-refractivity contribution in [3.63, 3.8) is 0 Å². The zero-order chi connectivity index (χ0) is 53.3. The van der Waals surface area contributed by atoms with Gasteiger partial charge >= 0.3 is 5.97 Å². The predicted molar refractivity (Wildman–Crippen MR) is 270 cm³/mol. The summed E-state index contributed by atoms with van der Waals surface area (Å²) >= 11 is 0. The maximum absolute atomic E-state index is 14.8. The third-order valence-corrected chi connectivity index (χ3v) is 13.6. The van der Waals surface area contributed by atoms with Crippen LogP contribution in [-0.4, -0.2) is 163 Å². The van der Waals surface area contributed by atoms with E-state index in [1.807, 2.05) is 61.8 Å². The van der Waals surface area contributed by atoms with Crippen molar-refractivity contribution in [2.24, 2.45) is 23.7 Å². The maximum Gasteiger partial charge on any atom is 0.329 e. The second-order valence-corrected chi connectivity index (χ2v) is 20.7. The molecule has 0 aromatic heterocycles. The van der Waals surface area contributed by atoms with Crippen molar-refractivity contribution in [2.45, 2.75) is 176 Å². The Bertz CT molecular complexity index is 1950. The first-order valence-corrected chi connectivity index (χ1v) is 25.6. The van der Waals surface area contributed by atoms with Gasteiger partial charge in [-0.3, -0.25) is 28.8 Å². The van der Waals surface area contributed by atoms with Gasteiger partial charge < -0.3 is 61.4 Å². The van der Waals surface area contributed by atoms with Crippen molar-refractivity contribution in [1.82, 2.24) is 30.2 Å². The molecule has 2 aliphatic rings. The van der Waals surface area contributed by atoms with Gasteiger partial charge in [0.15, 0.2) is 0 Å². The van der Waals surface area contributed by atoms with E-state index in [4.69, 9.17) is 19.9 Å². The number of hydrogen-bond donors (Lipinski definition) is 2. The summed E-state index contributed by atoms with van der Waals surface area (Å²) in [6.45, 7) is 18.7.